The van der Waals surface area contributed by atoms with Crippen LogP contribution < -0.4 is 5.32 Å². The molecule has 0 aromatic rings. The average Bonchev–Trinajstić information content (AvgIpc) is 2.09. The summed E-state index contributed by atoms with van der Waals surface area (Å²) in [6.07, 6.45) is 9.31. The summed E-state index contributed by atoms with van der Waals surface area (Å²) >= 11 is 1.31. The predicted molar refractivity (Wildman–Crippen MR) is 54.7 cm³/mol. The molecule has 13 heavy (non-hydrogen) atoms. The molecule has 72 valence electrons. The molecule has 4 nitrogen and oxygen atoms in total. The molecule has 0 aromatic heterocycles. The maximum absolute atomic E-state index is 10.1. The molecule has 0 aliphatic heterocycles. The number of nitrogens with zero attached hydrogens (tertiary/aromatic N) is 1. The molecule has 0 rings (SSSR count). The maximum Gasteiger partial charge on any atom is 0.263 e. The van der Waals surface area contributed by atoms with Crippen molar-refractivity contribution < 1.29 is 4.92 Å². The van der Waals surface area contributed by atoms with Crippen molar-refractivity contribution in [2.24, 2.45) is 0 Å². The minimum Gasteiger partial charge on any atom is -0.375 e. The van der Waals surface area contributed by atoms with Gasteiger partial charge in [0.05, 0.1) is 4.92 Å². The lowest BCUT2D eigenvalue weighted by Crippen LogP contribution is -2.13. The number of nitro groups is 1. The molecule has 0 unspecified atom stereocenters. The lowest BCUT2D eigenvalue weighted by atomic mass is 10.3. The van der Waals surface area contributed by atoms with Crippen LogP contribution in [0.3, 0.4) is 0 Å². The van der Waals surface area contributed by atoms with Gasteiger partial charge in [0.1, 0.15) is 5.03 Å². The zero-order chi connectivity index (χ0) is 10.1. The third kappa shape index (κ3) is 7.22. The monoisotopic (exact) mass is 200 g/mol. The Morgan fingerprint density at radius 1 is 1.85 bits per heavy atom. The zero-order valence-corrected chi connectivity index (χ0v) is 8.26. The van der Waals surface area contributed by atoms with E-state index < -0.39 is 4.92 Å². The molecule has 0 heterocycles. The highest BCUT2D eigenvalue weighted by atomic mass is 32.2. The molecule has 0 bridgehead atoms. The topological polar surface area (TPSA) is 55.2 Å². The highest BCUT2D eigenvalue weighted by molar-refractivity contribution is 8.02. The summed E-state index contributed by atoms with van der Waals surface area (Å²) in [6.45, 7) is 0.671. The third-order valence-corrected chi connectivity index (χ3v) is 1.93. The van der Waals surface area contributed by atoms with Crippen LogP contribution in [0, 0.1) is 22.5 Å². The van der Waals surface area contributed by atoms with Gasteiger partial charge in [0.2, 0.25) is 0 Å². The molecule has 0 fully saturated rings. The molecular formula is C8H12N2O2S. The van der Waals surface area contributed by atoms with Gasteiger partial charge in [-0.05, 0) is 12.7 Å². The van der Waals surface area contributed by atoms with E-state index in [0.717, 1.165) is 12.6 Å². The highest BCUT2D eigenvalue weighted by Crippen LogP contribution is 2.06. The van der Waals surface area contributed by atoms with Crippen LogP contribution in [0.25, 0.3) is 0 Å². The van der Waals surface area contributed by atoms with Crippen molar-refractivity contribution in [2.45, 2.75) is 12.8 Å². The first-order valence-corrected chi connectivity index (χ1v) is 4.99. The summed E-state index contributed by atoms with van der Waals surface area (Å²) in [5.74, 6) is 2.50. The quantitative estimate of drug-likeness (QED) is 0.305. The summed E-state index contributed by atoms with van der Waals surface area (Å²) in [5, 5.41) is 13.6. The summed E-state index contributed by atoms with van der Waals surface area (Å²) in [5.41, 5.74) is 0. The van der Waals surface area contributed by atoms with Gasteiger partial charge >= 0.3 is 0 Å². The van der Waals surface area contributed by atoms with Crippen LogP contribution in [-0.2, 0) is 0 Å². The average molecular weight is 200 g/mol. The number of nitrogens with one attached hydrogen (secondary N) is 1. The second kappa shape index (κ2) is 7.50. The molecule has 5 heteroatoms. The zero-order valence-electron chi connectivity index (χ0n) is 7.45. The van der Waals surface area contributed by atoms with Crippen molar-refractivity contribution >= 4 is 11.8 Å². The van der Waals surface area contributed by atoms with E-state index in [-0.39, 0.29) is 0 Å². The van der Waals surface area contributed by atoms with Crippen LogP contribution >= 0.6 is 11.8 Å². The van der Waals surface area contributed by atoms with Crippen molar-refractivity contribution in [1.29, 1.82) is 0 Å². The Morgan fingerprint density at radius 3 is 3.00 bits per heavy atom. The largest absolute Gasteiger partial charge is 0.375 e. The van der Waals surface area contributed by atoms with Crippen molar-refractivity contribution in [3.8, 4) is 12.3 Å². The molecule has 0 aromatic carbocycles. The normalized spacial score (nSPS) is 10.6. The molecule has 0 aliphatic rings. The molecule has 0 saturated heterocycles. The Labute approximate surface area is 81.9 Å². The molecule has 0 spiro atoms. The fourth-order valence-electron chi connectivity index (χ4n) is 0.668. The number of terminal acetylenes is 1. The van der Waals surface area contributed by atoms with Crippen molar-refractivity contribution in [1.82, 2.24) is 5.32 Å². The molecule has 0 aliphatic carbocycles. The van der Waals surface area contributed by atoms with Crippen LogP contribution in [-0.4, -0.2) is 17.7 Å². The molecule has 1 N–H and O–H groups in total. The standard InChI is InChI=1S/C8H12N2O2S/c1-3-4-5-6-9-8(13-2)7-10(11)12/h1,7,9H,4-6H2,2H3. The van der Waals surface area contributed by atoms with Gasteiger partial charge in [-0.2, -0.15) is 0 Å². The van der Waals surface area contributed by atoms with Gasteiger partial charge in [-0.15, -0.1) is 24.1 Å². The van der Waals surface area contributed by atoms with E-state index in [9.17, 15) is 10.1 Å². The summed E-state index contributed by atoms with van der Waals surface area (Å²) in [7, 11) is 0. The van der Waals surface area contributed by atoms with E-state index in [1.54, 1.807) is 6.26 Å². The van der Waals surface area contributed by atoms with E-state index >= 15 is 0 Å². The summed E-state index contributed by atoms with van der Waals surface area (Å²) in [4.78, 5) is 9.63. The van der Waals surface area contributed by atoms with E-state index in [2.05, 4.69) is 11.2 Å². The van der Waals surface area contributed by atoms with Crippen LogP contribution in [0.1, 0.15) is 12.8 Å². The lowest BCUT2D eigenvalue weighted by Gasteiger charge is -2.03. The van der Waals surface area contributed by atoms with Crippen LogP contribution in [0.4, 0.5) is 0 Å². The van der Waals surface area contributed by atoms with Gasteiger partial charge in [-0.25, -0.2) is 0 Å². The predicted octanol–water partition coefficient (Wildman–Crippen LogP) is 1.43. The first kappa shape index (κ1) is 11.8. The van der Waals surface area contributed by atoms with Gasteiger partial charge in [0, 0.05) is 13.0 Å². The van der Waals surface area contributed by atoms with Crippen LogP contribution in [0.5, 0.6) is 0 Å². The maximum atomic E-state index is 10.1. The van der Waals surface area contributed by atoms with Crippen LogP contribution in [0.15, 0.2) is 11.2 Å². The van der Waals surface area contributed by atoms with Gasteiger partial charge < -0.3 is 5.32 Å². The molecule has 0 amide bonds. The highest BCUT2D eigenvalue weighted by Gasteiger charge is 1.98. The Kier molecular flexibility index (Phi) is 6.83. The van der Waals surface area contributed by atoms with E-state index in [4.69, 9.17) is 6.42 Å². The Hall–Kier alpha value is -1.15. The third-order valence-electron chi connectivity index (χ3n) is 1.24. The molecule has 0 saturated carbocycles. The van der Waals surface area contributed by atoms with Crippen LogP contribution in [0.2, 0.25) is 0 Å². The molecule has 0 atom stereocenters. The fraction of sp³-hybridized carbons (Fsp3) is 0.500. The Bertz CT molecular complexity index is 233. The van der Waals surface area contributed by atoms with Gasteiger partial charge in [0.15, 0.2) is 0 Å². The van der Waals surface area contributed by atoms with E-state index in [0.29, 0.717) is 18.0 Å². The van der Waals surface area contributed by atoms with Crippen molar-refractivity contribution in [3.05, 3.63) is 21.3 Å². The number of rotatable bonds is 6. The minimum absolute atomic E-state index is 0.472. The van der Waals surface area contributed by atoms with Gasteiger partial charge in [0.25, 0.3) is 6.20 Å². The second-order valence-electron chi connectivity index (χ2n) is 2.22. The number of unbranched alkanes of at least 4 members (excludes halogenated alkanes) is 1. The van der Waals surface area contributed by atoms with E-state index in [1.165, 1.54) is 11.8 Å². The van der Waals surface area contributed by atoms with Gasteiger partial charge in [-0.3, -0.25) is 10.1 Å². The summed E-state index contributed by atoms with van der Waals surface area (Å²) < 4.78 is 0. The first-order chi connectivity index (χ1) is 6.20. The van der Waals surface area contributed by atoms with Gasteiger partial charge in [-0.1, -0.05) is 0 Å². The lowest BCUT2D eigenvalue weighted by molar-refractivity contribution is -0.403. The number of thioether (sulfide) groups is 1. The first-order valence-electron chi connectivity index (χ1n) is 3.77. The smallest absolute Gasteiger partial charge is 0.263 e. The second-order valence-corrected chi connectivity index (χ2v) is 3.07. The Balaban J connectivity index is 3.74. The summed E-state index contributed by atoms with van der Waals surface area (Å²) in [6, 6.07) is 0. The fourth-order valence-corrected chi connectivity index (χ4v) is 1.11. The SMILES string of the molecule is C#CCCCNC(=C[N+](=O)[O-])SC. The molecular weight excluding hydrogens is 188 g/mol. The van der Waals surface area contributed by atoms with Crippen molar-refractivity contribution in [3.63, 3.8) is 0 Å². The molecule has 0 radical (unpaired) electrons. The Morgan fingerprint density at radius 2 is 2.54 bits per heavy atom. The van der Waals surface area contributed by atoms with Crippen molar-refractivity contribution in [2.75, 3.05) is 12.8 Å². The van der Waals surface area contributed by atoms with E-state index in [1.807, 2.05) is 0 Å². The number of hydrogen-bond donors (Lipinski definition) is 1. The number of hydrogen-bond acceptors (Lipinski definition) is 4. The minimum atomic E-state index is -0.472.